The summed E-state index contributed by atoms with van der Waals surface area (Å²) in [7, 11) is 7.80. The molecule has 3 aromatic carbocycles. The number of para-hydroxylation sites is 3. The first-order chi connectivity index (χ1) is 24.4. The van der Waals surface area contributed by atoms with Gasteiger partial charge in [-0.25, -0.2) is 29.3 Å². The summed E-state index contributed by atoms with van der Waals surface area (Å²) in [5.41, 5.74) is 4.37. The quantitative estimate of drug-likeness (QED) is 0.134. The zero-order chi connectivity index (χ0) is 38.7. The Balaban J connectivity index is 0. The second kappa shape index (κ2) is 33.4. The van der Waals surface area contributed by atoms with E-state index in [2.05, 4.69) is 30.0 Å². The lowest BCUT2D eigenvalue weighted by atomic mass is 10.3. The van der Waals surface area contributed by atoms with Crippen LogP contribution in [0.1, 0.15) is 13.8 Å². The van der Waals surface area contributed by atoms with Crippen LogP contribution in [-0.4, -0.2) is 107 Å². The number of rotatable bonds is 10. The maximum atomic E-state index is 11.3. The second-order valence-electron chi connectivity index (χ2n) is 9.80. The van der Waals surface area contributed by atoms with Crippen LogP contribution in [0.15, 0.2) is 96.0 Å². The van der Waals surface area contributed by atoms with Gasteiger partial charge >= 0.3 is 23.6 Å². The topological polar surface area (TPSA) is 191 Å². The molecule has 0 atom stereocenters. The molecule has 4 amide bonds. The van der Waals surface area contributed by atoms with Gasteiger partial charge in [-0.2, -0.15) is 0 Å². The highest BCUT2D eigenvalue weighted by molar-refractivity contribution is 6.61. The lowest BCUT2D eigenvalue weighted by Crippen LogP contribution is -2.43. The average molecular weight is 733 g/mol. The number of amides is 4. The van der Waals surface area contributed by atoms with Crippen LogP contribution >= 0.6 is 11.6 Å². The van der Waals surface area contributed by atoms with E-state index in [0.29, 0.717) is 30.3 Å². The number of nitrogens with two attached hydrogens (primary N) is 1. The standard InChI is InChI=1S/C12H17N3O3.C8H5NO3.C7H5ClO2.C4H12N2.C4H10O/c1-15(2)9-8-13-11(16)14-12(17)18-10-6-4-3-5-7-10;10-6-9-8(11)12-7-4-2-1-3-5-7;8-7(9)10-6-4-2-1-3-5-6;1-6(2)4-3-5;1-3-5-4-2/h3-7H,8-9H2,1-2H3,(H2,13,14,16,17);1-5H;1-5H;3-5H2,1-2H3;3-4H2,1-2H3. The number of isocyanates is 1. The Morgan fingerprint density at radius 3 is 1.49 bits per heavy atom. The van der Waals surface area contributed by atoms with Crippen LogP contribution < -0.4 is 30.6 Å². The molecule has 16 heteroatoms. The molecule has 0 bridgehead atoms. The van der Waals surface area contributed by atoms with E-state index in [9.17, 15) is 24.0 Å². The number of hydrogen-bond donors (Lipinski definition) is 3. The lowest BCUT2D eigenvalue weighted by Gasteiger charge is -2.10. The van der Waals surface area contributed by atoms with Crippen LogP contribution in [0, 0.1) is 0 Å². The van der Waals surface area contributed by atoms with Crippen LogP contribution in [0.25, 0.3) is 0 Å². The van der Waals surface area contributed by atoms with Crippen molar-refractivity contribution in [2.75, 3.05) is 67.6 Å². The van der Waals surface area contributed by atoms with E-state index in [1.807, 2.05) is 53.0 Å². The minimum Gasteiger partial charge on any atom is -0.415 e. The number of hydrogen-bond acceptors (Lipinski definition) is 12. The Morgan fingerprint density at radius 2 is 1.16 bits per heavy atom. The predicted molar refractivity (Wildman–Crippen MR) is 196 cm³/mol. The van der Waals surface area contributed by atoms with Crippen LogP contribution in [0.3, 0.4) is 0 Å². The molecule has 0 aromatic heterocycles. The van der Waals surface area contributed by atoms with E-state index < -0.39 is 23.6 Å². The van der Waals surface area contributed by atoms with Gasteiger partial charge in [0.25, 0.3) is 0 Å². The summed E-state index contributed by atoms with van der Waals surface area (Å²) in [6, 6.07) is 25.0. The SMILES string of the molecule is CCOCC.CN(C)CCN.CN(C)CCNC(=O)NC(=O)Oc1ccccc1.O=C(Cl)Oc1ccccc1.O=C=NC(=O)Oc1ccccc1. The number of halogens is 1. The van der Waals surface area contributed by atoms with Gasteiger partial charge in [-0.1, -0.05) is 59.6 Å². The molecule has 0 saturated carbocycles. The first-order valence-electron chi connectivity index (χ1n) is 15.5. The van der Waals surface area contributed by atoms with Crippen molar-refractivity contribution in [2.45, 2.75) is 13.8 Å². The molecule has 0 aliphatic carbocycles. The molecule has 0 unspecified atom stereocenters. The third-order valence-corrected chi connectivity index (χ3v) is 5.10. The monoisotopic (exact) mass is 732 g/mol. The van der Waals surface area contributed by atoms with Gasteiger partial charge in [-0.3, -0.25) is 0 Å². The fraction of sp³-hybridized carbons (Fsp3) is 0.343. The van der Waals surface area contributed by atoms with Gasteiger partial charge in [0, 0.05) is 51.0 Å². The van der Waals surface area contributed by atoms with E-state index in [1.165, 1.54) is 0 Å². The molecule has 0 aliphatic rings. The van der Waals surface area contributed by atoms with E-state index in [1.54, 1.807) is 84.9 Å². The van der Waals surface area contributed by atoms with Crippen molar-refractivity contribution in [3.8, 4) is 17.2 Å². The molecule has 4 N–H and O–H groups in total. The Kier molecular flexibility index (Phi) is 31.4. The van der Waals surface area contributed by atoms with Crippen molar-refractivity contribution in [3.63, 3.8) is 0 Å². The summed E-state index contributed by atoms with van der Waals surface area (Å²) in [5.74, 6) is 1.19. The Labute approximate surface area is 304 Å². The largest absolute Gasteiger partial charge is 0.450 e. The minimum atomic E-state index is -0.962. The zero-order valence-corrected chi connectivity index (χ0v) is 30.6. The van der Waals surface area contributed by atoms with Crippen LogP contribution in [-0.2, 0) is 9.53 Å². The molecular weight excluding hydrogens is 684 g/mol. The van der Waals surface area contributed by atoms with Crippen LogP contribution in [0.5, 0.6) is 17.2 Å². The average Bonchev–Trinajstić information content (AvgIpc) is 3.07. The number of benzene rings is 3. The summed E-state index contributed by atoms with van der Waals surface area (Å²) in [5, 5.41) is 4.61. The number of ether oxygens (including phenoxy) is 4. The van der Waals surface area contributed by atoms with Crippen LogP contribution in [0.4, 0.5) is 19.2 Å². The van der Waals surface area contributed by atoms with Gasteiger partial charge in [0.2, 0.25) is 6.08 Å². The predicted octanol–water partition coefficient (Wildman–Crippen LogP) is 5.54. The van der Waals surface area contributed by atoms with Crippen molar-refractivity contribution in [1.82, 2.24) is 20.4 Å². The summed E-state index contributed by atoms with van der Waals surface area (Å²) in [6.07, 6.45) is -0.676. The number of nitrogens with one attached hydrogen (secondary N) is 2. The summed E-state index contributed by atoms with van der Waals surface area (Å²) in [4.78, 5) is 59.7. The maximum Gasteiger partial charge on any atom is 0.450 e. The zero-order valence-electron chi connectivity index (χ0n) is 29.9. The molecule has 3 aromatic rings. The number of carbonyl (C=O) groups is 4. The minimum absolute atomic E-state index is 0.349. The molecule has 15 nitrogen and oxygen atoms in total. The number of urea groups is 1. The number of carbonyl (C=O) groups excluding carboxylic acids is 5. The van der Waals surface area contributed by atoms with Gasteiger partial charge in [-0.05, 0) is 78.4 Å². The highest BCUT2D eigenvalue weighted by Crippen LogP contribution is 2.10. The van der Waals surface area contributed by atoms with E-state index in [4.69, 9.17) is 26.8 Å². The highest BCUT2D eigenvalue weighted by Gasteiger charge is 2.08. The van der Waals surface area contributed by atoms with E-state index in [0.717, 1.165) is 32.4 Å². The fourth-order valence-electron chi connectivity index (χ4n) is 2.84. The van der Waals surface area contributed by atoms with E-state index in [-0.39, 0.29) is 0 Å². The maximum absolute atomic E-state index is 11.3. The normalized spacial score (nSPS) is 9.22. The highest BCUT2D eigenvalue weighted by atomic mass is 35.5. The van der Waals surface area contributed by atoms with Gasteiger partial charge in [0.1, 0.15) is 17.2 Å². The summed E-state index contributed by atoms with van der Waals surface area (Å²) < 4.78 is 18.9. The van der Waals surface area contributed by atoms with Crippen molar-refractivity contribution < 1.29 is 42.9 Å². The lowest BCUT2D eigenvalue weighted by molar-refractivity contribution is 0.162. The first kappa shape index (κ1) is 48.0. The van der Waals surface area contributed by atoms with Crippen molar-refractivity contribution in [1.29, 1.82) is 0 Å². The third kappa shape index (κ3) is 34.5. The molecule has 0 saturated heterocycles. The van der Waals surface area contributed by atoms with Gasteiger partial charge < -0.3 is 39.8 Å². The Bertz CT molecular complexity index is 1380. The van der Waals surface area contributed by atoms with E-state index >= 15 is 0 Å². The Morgan fingerprint density at radius 1 is 0.725 bits per heavy atom. The number of likely N-dealkylation sites (N-methyl/N-ethyl adjacent to an activating group) is 2. The van der Waals surface area contributed by atoms with Crippen molar-refractivity contribution in [3.05, 3.63) is 91.0 Å². The molecule has 0 spiro atoms. The second-order valence-corrected chi connectivity index (χ2v) is 10.1. The smallest absolute Gasteiger partial charge is 0.415 e. The van der Waals surface area contributed by atoms with Crippen LogP contribution in [0.2, 0.25) is 0 Å². The van der Waals surface area contributed by atoms with Gasteiger partial charge in [0.15, 0.2) is 0 Å². The third-order valence-electron chi connectivity index (χ3n) is 5.03. The van der Waals surface area contributed by atoms with Gasteiger partial charge in [-0.15, -0.1) is 0 Å². The number of imide groups is 1. The summed E-state index contributed by atoms with van der Waals surface area (Å²) >= 11 is 4.95. The molecule has 0 aliphatic heterocycles. The number of aliphatic imine (C=N–C) groups is 1. The fourth-order valence-corrected chi connectivity index (χ4v) is 2.93. The van der Waals surface area contributed by atoms with Crippen molar-refractivity contribution >= 4 is 41.3 Å². The molecule has 3 rings (SSSR count). The van der Waals surface area contributed by atoms with Crippen molar-refractivity contribution in [2.24, 2.45) is 10.7 Å². The first-order valence-corrected chi connectivity index (χ1v) is 15.9. The molecule has 0 radical (unpaired) electrons. The molecule has 280 valence electrons. The molecule has 51 heavy (non-hydrogen) atoms. The van der Waals surface area contributed by atoms with Gasteiger partial charge in [0.05, 0.1) is 0 Å². The number of nitrogens with zero attached hydrogens (tertiary/aromatic N) is 3. The summed E-state index contributed by atoms with van der Waals surface area (Å²) in [6.45, 7) is 8.56. The Hall–Kier alpha value is -5.15. The molecular formula is C35H49ClN6O9. The molecule has 0 heterocycles. The molecule has 0 fully saturated rings.